The van der Waals surface area contributed by atoms with E-state index in [-0.39, 0.29) is 41.2 Å². The zero-order valence-electron chi connectivity index (χ0n) is 23.6. The number of benzene rings is 1. The highest BCUT2D eigenvalue weighted by molar-refractivity contribution is 7.52. The second-order valence-corrected chi connectivity index (χ2v) is 15.0. The number of carbonyl (C=O) groups excluding carboxylic acids is 4. The molecule has 4 heterocycles. The smallest absolute Gasteiger partial charge is 0.347 e. The maximum Gasteiger partial charge on any atom is 0.399 e. The van der Waals surface area contributed by atoms with Crippen LogP contribution in [0.15, 0.2) is 24.3 Å². The molecule has 11 nitrogen and oxygen atoms in total. The second-order valence-electron chi connectivity index (χ2n) is 12.2. The molecule has 3 saturated heterocycles. The van der Waals surface area contributed by atoms with Gasteiger partial charge >= 0.3 is 13.3 Å². The van der Waals surface area contributed by atoms with Crippen LogP contribution < -0.4 is 10.6 Å². The van der Waals surface area contributed by atoms with Crippen LogP contribution in [0.25, 0.3) is 10.1 Å². The van der Waals surface area contributed by atoms with Gasteiger partial charge in [-0.2, -0.15) is 8.78 Å². The normalized spacial score (nSPS) is 30.4. The predicted molar refractivity (Wildman–Crippen MR) is 153 cm³/mol. The number of hydrogen-bond donors (Lipinski definition) is 4. The first-order valence-electron chi connectivity index (χ1n) is 14.4. The Morgan fingerprint density at radius 3 is 2.45 bits per heavy atom. The first-order chi connectivity index (χ1) is 20.6. The van der Waals surface area contributed by atoms with Gasteiger partial charge in [0.25, 0.3) is 5.91 Å². The van der Waals surface area contributed by atoms with Crippen molar-refractivity contribution in [3.8, 4) is 0 Å². The second kappa shape index (κ2) is 11.1. The molecule has 0 bridgehead atoms. The number of alkyl halides is 3. The third kappa shape index (κ3) is 5.63. The fraction of sp³-hybridized carbons (Fsp3) is 0.571. The summed E-state index contributed by atoms with van der Waals surface area (Å²) in [5.74, 6) is -1.22. The van der Waals surface area contributed by atoms with Crippen molar-refractivity contribution in [3.63, 3.8) is 0 Å². The first kappa shape index (κ1) is 31.0. The number of thiophene rings is 1. The van der Waals surface area contributed by atoms with Crippen molar-refractivity contribution < 1.29 is 46.7 Å². The molecular formula is C28H32F3N4O7PS. The molecule has 1 aromatic heterocycles. The molecule has 1 saturated carbocycles. The van der Waals surface area contributed by atoms with Gasteiger partial charge in [0.1, 0.15) is 18.3 Å². The van der Waals surface area contributed by atoms with Crippen LogP contribution in [0.4, 0.5) is 13.2 Å². The van der Waals surface area contributed by atoms with Crippen LogP contribution >= 0.6 is 18.9 Å². The topological polar surface area (TPSA) is 156 Å². The van der Waals surface area contributed by atoms with E-state index < -0.39 is 60.8 Å². The molecule has 2 aromatic rings. The van der Waals surface area contributed by atoms with Crippen LogP contribution in [0.1, 0.15) is 54.3 Å². The summed E-state index contributed by atoms with van der Waals surface area (Å²) in [6.07, 6.45) is 1.56. The molecule has 4 aliphatic rings. The Morgan fingerprint density at radius 2 is 1.77 bits per heavy atom. The number of fused-ring (bicyclic) bond motifs is 3. The zero-order chi connectivity index (χ0) is 31.7. The standard InChI is InChI=1S/C28H32F3N4O7PS/c1-13(36)34-11-19(29)21(12-34)33-25(37)22-4-3-18-8-14-6-15(14)9-20(27(39)35(18)22)32-26(38)24-10-16-7-17(2-5-23(16)44-24)28(30,31)43(40,41)42/h2,5,7,10,14-15,18-22H,3-4,6,8-9,11-12H2,1H3,(H,32,38)(H,33,37)(H2,40,41,42)/t14-,15+,18+,19-,20-,21-,22-/m0/s1. The lowest BCUT2D eigenvalue weighted by Gasteiger charge is -2.35. The fourth-order valence-corrected chi connectivity index (χ4v) is 8.24. The minimum absolute atomic E-state index is 0.0440. The van der Waals surface area contributed by atoms with Gasteiger partial charge in [-0.25, -0.2) is 4.39 Å². The molecule has 1 aliphatic carbocycles. The van der Waals surface area contributed by atoms with Crippen LogP contribution in [0.2, 0.25) is 0 Å². The van der Waals surface area contributed by atoms with E-state index in [0.717, 1.165) is 36.3 Å². The molecule has 1 aromatic carbocycles. The predicted octanol–water partition coefficient (Wildman–Crippen LogP) is 2.70. The highest BCUT2D eigenvalue weighted by atomic mass is 32.1. The molecule has 6 rings (SSSR count). The van der Waals surface area contributed by atoms with Gasteiger partial charge in [-0.1, -0.05) is 6.07 Å². The minimum Gasteiger partial charge on any atom is -0.347 e. The number of nitrogens with zero attached hydrogens (tertiary/aromatic N) is 2. The number of rotatable bonds is 6. The molecule has 0 unspecified atom stereocenters. The number of likely N-dealkylation sites (tertiary alicyclic amines) is 1. The van der Waals surface area contributed by atoms with Crippen molar-refractivity contribution in [2.45, 2.75) is 75.0 Å². The third-order valence-corrected chi connectivity index (χ3v) is 11.4. The van der Waals surface area contributed by atoms with Crippen LogP contribution in [-0.4, -0.2) is 86.6 Å². The van der Waals surface area contributed by atoms with Crippen LogP contribution in [0.3, 0.4) is 0 Å². The maximum absolute atomic E-state index is 14.6. The number of halogens is 3. The summed E-state index contributed by atoms with van der Waals surface area (Å²) in [7, 11) is -5.78. The maximum atomic E-state index is 14.6. The Morgan fingerprint density at radius 1 is 1.05 bits per heavy atom. The lowest BCUT2D eigenvalue weighted by atomic mass is 9.99. The Hall–Kier alpha value is -3.00. The van der Waals surface area contributed by atoms with Crippen LogP contribution in [-0.2, 0) is 24.6 Å². The summed E-state index contributed by atoms with van der Waals surface area (Å²) in [4.78, 5) is 73.5. The minimum atomic E-state index is -5.78. The summed E-state index contributed by atoms with van der Waals surface area (Å²) in [5, 5.41) is 5.67. The Kier molecular flexibility index (Phi) is 7.83. The summed E-state index contributed by atoms with van der Waals surface area (Å²) in [6.45, 7) is 1.26. The lowest BCUT2D eigenvalue weighted by molar-refractivity contribution is -0.143. The number of amides is 4. The molecule has 4 N–H and O–H groups in total. The third-order valence-electron chi connectivity index (χ3n) is 9.32. The summed E-state index contributed by atoms with van der Waals surface area (Å²) < 4.78 is 54.9. The summed E-state index contributed by atoms with van der Waals surface area (Å²) >= 11 is 0.984. The summed E-state index contributed by atoms with van der Waals surface area (Å²) in [6, 6.07) is 1.54. The largest absolute Gasteiger partial charge is 0.399 e. The number of nitrogens with one attached hydrogen (secondary N) is 2. The average Bonchev–Trinajstić information content (AvgIpc) is 3.27. The molecule has 0 spiro atoms. The van der Waals surface area contributed by atoms with E-state index in [1.807, 2.05) is 0 Å². The molecular weight excluding hydrogens is 624 g/mol. The Bertz CT molecular complexity index is 1580. The molecule has 3 aliphatic heterocycles. The summed E-state index contributed by atoms with van der Waals surface area (Å²) in [5.41, 5.74) is -5.28. The van der Waals surface area contributed by atoms with Crippen LogP contribution in [0.5, 0.6) is 0 Å². The highest BCUT2D eigenvalue weighted by Gasteiger charge is 2.52. The Balaban J connectivity index is 1.19. The molecule has 4 fully saturated rings. The van der Waals surface area contributed by atoms with Gasteiger partial charge in [0, 0.05) is 29.8 Å². The van der Waals surface area contributed by atoms with Crippen molar-refractivity contribution in [2.24, 2.45) is 11.8 Å². The molecule has 16 heteroatoms. The Labute approximate surface area is 254 Å². The molecule has 238 valence electrons. The lowest BCUT2D eigenvalue weighted by Crippen LogP contribution is -2.58. The van der Waals surface area contributed by atoms with Crippen molar-refractivity contribution in [2.75, 3.05) is 13.1 Å². The van der Waals surface area contributed by atoms with Gasteiger partial charge < -0.3 is 30.2 Å². The molecule has 7 atom stereocenters. The molecule has 4 amide bonds. The van der Waals surface area contributed by atoms with E-state index in [2.05, 4.69) is 10.6 Å². The fourth-order valence-electron chi connectivity index (χ4n) is 6.82. The van der Waals surface area contributed by atoms with Crippen molar-refractivity contribution >= 4 is 52.6 Å². The SMILES string of the molecule is CC(=O)N1C[C@H](NC(=O)[C@@H]2CC[C@@H]3C[C@@H]4C[C@@H]4C[C@H](NC(=O)c4cc5cc(C(F)(F)P(=O)(O)O)ccc5s4)C(=O)N32)[C@@H](F)C1. The van der Waals surface area contributed by atoms with Gasteiger partial charge in [-0.05, 0) is 67.5 Å². The van der Waals surface area contributed by atoms with E-state index in [4.69, 9.17) is 9.79 Å². The van der Waals surface area contributed by atoms with Gasteiger partial charge in [-0.15, -0.1) is 11.3 Å². The van der Waals surface area contributed by atoms with Gasteiger partial charge in [0.15, 0.2) is 0 Å². The van der Waals surface area contributed by atoms with Crippen molar-refractivity contribution in [3.05, 3.63) is 34.7 Å². The van der Waals surface area contributed by atoms with Crippen molar-refractivity contribution in [1.82, 2.24) is 20.4 Å². The molecule has 0 radical (unpaired) electrons. The van der Waals surface area contributed by atoms with Gasteiger partial charge in [0.05, 0.1) is 17.5 Å². The first-order valence-corrected chi connectivity index (χ1v) is 16.9. The van der Waals surface area contributed by atoms with E-state index >= 15 is 0 Å². The number of hydrogen-bond acceptors (Lipinski definition) is 6. The zero-order valence-corrected chi connectivity index (χ0v) is 25.3. The highest BCUT2D eigenvalue weighted by Crippen LogP contribution is 2.59. The van der Waals surface area contributed by atoms with E-state index in [9.17, 15) is 36.9 Å². The van der Waals surface area contributed by atoms with E-state index in [1.165, 1.54) is 28.9 Å². The quantitative estimate of drug-likeness (QED) is 0.349. The van der Waals surface area contributed by atoms with Gasteiger partial charge in [-0.3, -0.25) is 23.7 Å². The van der Waals surface area contributed by atoms with E-state index in [1.54, 1.807) is 0 Å². The molecule has 44 heavy (non-hydrogen) atoms. The van der Waals surface area contributed by atoms with Gasteiger partial charge in [0.2, 0.25) is 17.7 Å². The average molecular weight is 657 g/mol. The van der Waals surface area contributed by atoms with Crippen molar-refractivity contribution in [1.29, 1.82) is 0 Å². The number of carbonyl (C=O) groups is 4. The van der Waals surface area contributed by atoms with Crippen LogP contribution in [0, 0.1) is 11.8 Å². The van der Waals surface area contributed by atoms with E-state index in [0.29, 0.717) is 29.9 Å². The monoisotopic (exact) mass is 656 g/mol.